The second kappa shape index (κ2) is 5.46. The Bertz CT molecular complexity index is 532. The second-order valence-electron chi connectivity index (χ2n) is 6.16. The molecule has 0 amide bonds. The van der Waals surface area contributed by atoms with Gasteiger partial charge in [-0.05, 0) is 50.7 Å². The zero-order valence-corrected chi connectivity index (χ0v) is 12.0. The zero-order chi connectivity index (χ0) is 14.1. The van der Waals surface area contributed by atoms with Gasteiger partial charge in [-0.2, -0.15) is 5.26 Å². The molecule has 0 bridgehead atoms. The Labute approximate surface area is 120 Å². The van der Waals surface area contributed by atoms with Crippen LogP contribution >= 0.6 is 0 Å². The van der Waals surface area contributed by atoms with Crippen molar-refractivity contribution in [2.24, 2.45) is 5.92 Å². The molecule has 1 saturated heterocycles. The van der Waals surface area contributed by atoms with Gasteiger partial charge in [0.15, 0.2) is 0 Å². The fourth-order valence-corrected chi connectivity index (χ4v) is 3.97. The Kier molecular flexibility index (Phi) is 3.67. The number of piperidine rings is 1. The van der Waals surface area contributed by atoms with Crippen LogP contribution in [0, 0.1) is 17.2 Å². The molecule has 1 N–H and O–H groups in total. The molecule has 106 valence electrons. The summed E-state index contributed by atoms with van der Waals surface area (Å²) < 4.78 is 0. The number of anilines is 1. The number of rotatable bonds is 2. The molecule has 1 aromatic carbocycles. The van der Waals surface area contributed by atoms with Gasteiger partial charge >= 0.3 is 0 Å². The van der Waals surface area contributed by atoms with Crippen molar-refractivity contribution in [2.75, 3.05) is 11.4 Å². The Hall–Kier alpha value is -1.53. The van der Waals surface area contributed by atoms with Gasteiger partial charge in [-0.3, -0.25) is 0 Å². The number of hydrogen-bond acceptors (Lipinski definition) is 3. The molecule has 20 heavy (non-hydrogen) atoms. The van der Waals surface area contributed by atoms with E-state index in [9.17, 15) is 5.11 Å². The van der Waals surface area contributed by atoms with Crippen LogP contribution < -0.4 is 4.90 Å². The SMILES string of the molecule is C[C@@H](O)c1ccc(C#N)cc1N1CCCC2CCCC21. The summed E-state index contributed by atoms with van der Waals surface area (Å²) >= 11 is 0. The molecule has 2 unspecified atom stereocenters. The predicted molar refractivity (Wildman–Crippen MR) is 79.5 cm³/mol. The highest BCUT2D eigenvalue weighted by molar-refractivity contribution is 5.59. The van der Waals surface area contributed by atoms with E-state index in [0.717, 1.165) is 23.7 Å². The molecule has 1 aromatic rings. The molecule has 1 aliphatic heterocycles. The Balaban J connectivity index is 2.01. The van der Waals surface area contributed by atoms with Crippen molar-refractivity contribution in [3.8, 4) is 6.07 Å². The van der Waals surface area contributed by atoms with Crippen LogP contribution in [0.2, 0.25) is 0 Å². The zero-order valence-electron chi connectivity index (χ0n) is 12.0. The molecular formula is C17H22N2O. The van der Waals surface area contributed by atoms with Crippen LogP contribution in [0.25, 0.3) is 0 Å². The number of hydrogen-bond donors (Lipinski definition) is 1. The topological polar surface area (TPSA) is 47.3 Å². The highest BCUT2D eigenvalue weighted by atomic mass is 16.3. The van der Waals surface area contributed by atoms with E-state index < -0.39 is 6.10 Å². The van der Waals surface area contributed by atoms with E-state index in [1.807, 2.05) is 18.2 Å². The first-order valence-electron chi connectivity index (χ1n) is 7.69. The van der Waals surface area contributed by atoms with Crippen molar-refractivity contribution in [3.63, 3.8) is 0 Å². The third-order valence-electron chi connectivity index (χ3n) is 4.91. The monoisotopic (exact) mass is 270 g/mol. The van der Waals surface area contributed by atoms with Crippen LogP contribution in [-0.4, -0.2) is 17.7 Å². The summed E-state index contributed by atoms with van der Waals surface area (Å²) in [4.78, 5) is 2.46. The molecule has 3 rings (SSSR count). The van der Waals surface area contributed by atoms with E-state index in [2.05, 4.69) is 11.0 Å². The molecule has 2 aliphatic rings. The first kappa shape index (κ1) is 13.5. The summed E-state index contributed by atoms with van der Waals surface area (Å²) in [5.41, 5.74) is 2.72. The van der Waals surface area contributed by atoms with Crippen molar-refractivity contribution in [1.82, 2.24) is 0 Å². The maximum atomic E-state index is 10.0. The number of nitrogens with zero attached hydrogens (tertiary/aromatic N) is 2. The summed E-state index contributed by atoms with van der Waals surface area (Å²) in [5.74, 6) is 0.802. The summed E-state index contributed by atoms with van der Waals surface area (Å²) in [6, 6.07) is 8.51. The molecule has 1 saturated carbocycles. The number of aliphatic hydroxyl groups excluding tert-OH is 1. The first-order chi connectivity index (χ1) is 9.70. The second-order valence-corrected chi connectivity index (χ2v) is 6.16. The lowest BCUT2D eigenvalue weighted by atomic mass is 9.90. The van der Waals surface area contributed by atoms with Gasteiger partial charge in [-0.15, -0.1) is 0 Å². The first-order valence-corrected chi connectivity index (χ1v) is 7.69. The Morgan fingerprint density at radius 3 is 2.85 bits per heavy atom. The van der Waals surface area contributed by atoms with Gasteiger partial charge in [-0.1, -0.05) is 12.5 Å². The average molecular weight is 270 g/mol. The quantitative estimate of drug-likeness (QED) is 0.896. The third kappa shape index (κ3) is 2.29. The minimum absolute atomic E-state index is 0.487. The molecule has 0 aromatic heterocycles. The molecule has 2 fully saturated rings. The molecule has 0 spiro atoms. The molecule has 3 heteroatoms. The third-order valence-corrected chi connectivity index (χ3v) is 4.91. The standard InChI is InChI=1S/C17H22N2O/c1-12(20)15-8-7-13(11-18)10-17(15)19-9-3-5-14-4-2-6-16(14)19/h7-8,10,12,14,16,20H,2-6,9H2,1H3/t12-,14?,16?/m1/s1. The highest BCUT2D eigenvalue weighted by Gasteiger charge is 2.36. The minimum Gasteiger partial charge on any atom is -0.389 e. The minimum atomic E-state index is -0.487. The average Bonchev–Trinajstić information content (AvgIpc) is 2.94. The smallest absolute Gasteiger partial charge is 0.0992 e. The maximum Gasteiger partial charge on any atom is 0.0992 e. The fraction of sp³-hybridized carbons (Fsp3) is 0.588. The van der Waals surface area contributed by atoms with E-state index in [4.69, 9.17) is 5.26 Å². The van der Waals surface area contributed by atoms with Gasteiger partial charge < -0.3 is 10.0 Å². The molecule has 0 radical (unpaired) electrons. The van der Waals surface area contributed by atoms with E-state index in [1.54, 1.807) is 6.92 Å². The molecule has 1 heterocycles. The van der Waals surface area contributed by atoms with E-state index in [-0.39, 0.29) is 0 Å². The molecule has 1 aliphatic carbocycles. The summed E-state index contributed by atoms with van der Waals surface area (Å²) in [6.45, 7) is 2.86. The molecule has 3 nitrogen and oxygen atoms in total. The highest BCUT2D eigenvalue weighted by Crippen LogP contribution is 2.41. The molecular weight excluding hydrogens is 248 g/mol. The van der Waals surface area contributed by atoms with Crippen LogP contribution in [0.4, 0.5) is 5.69 Å². The van der Waals surface area contributed by atoms with E-state index in [1.165, 1.54) is 32.1 Å². The van der Waals surface area contributed by atoms with E-state index >= 15 is 0 Å². The summed E-state index contributed by atoms with van der Waals surface area (Å²) in [5, 5.41) is 19.2. The van der Waals surface area contributed by atoms with Crippen LogP contribution in [0.15, 0.2) is 18.2 Å². The van der Waals surface area contributed by atoms with Crippen LogP contribution in [0.5, 0.6) is 0 Å². The normalized spacial score (nSPS) is 26.9. The maximum absolute atomic E-state index is 10.0. The van der Waals surface area contributed by atoms with Gasteiger partial charge in [0.2, 0.25) is 0 Å². The van der Waals surface area contributed by atoms with Crippen molar-refractivity contribution >= 4 is 5.69 Å². The Morgan fingerprint density at radius 1 is 1.30 bits per heavy atom. The van der Waals surface area contributed by atoms with Crippen LogP contribution in [0.3, 0.4) is 0 Å². The van der Waals surface area contributed by atoms with Crippen molar-refractivity contribution < 1.29 is 5.11 Å². The predicted octanol–water partition coefficient (Wildman–Crippen LogP) is 3.38. The number of fused-ring (bicyclic) bond motifs is 1. The number of nitriles is 1. The van der Waals surface area contributed by atoms with Crippen LogP contribution in [-0.2, 0) is 0 Å². The lowest BCUT2D eigenvalue weighted by Gasteiger charge is -2.40. The van der Waals surface area contributed by atoms with Gasteiger partial charge in [0.25, 0.3) is 0 Å². The van der Waals surface area contributed by atoms with Crippen LogP contribution in [0.1, 0.15) is 56.3 Å². The van der Waals surface area contributed by atoms with Gasteiger partial charge in [-0.25, -0.2) is 0 Å². The number of aliphatic hydroxyl groups is 1. The number of benzene rings is 1. The van der Waals surface area contributed by atoms with Gasteiger partial charge in [0, 0.05) is 23.8 Å². The Morgan fingerprint density at radius 2 is 2.10 bits per heavy atom. The lowest BCUT2D eigenvalue weighted by Crippen LogP contribution is -2.43. The lowest BCUT2D eigenvalue weighted by molar-refractivity contribution is 0.199. The van der Waals surface area contributed by atoms with E-state index in [0.29, 0.717) is 11.6 Å². The summed E-state index contributed by atoms with van der Waals surface area (Å²) in [6.07, 6.45) is 5.97. The van der Waals surface area contributed by atoms with Gasteiger partial charge in [0.1, 0.15) is 0 Å². The summed E-state index contributed by atoms with van der Waals surface area (Å²) in [7, 11) is 0. The molecule has 3 atom stereocenters. The largest absolute Gasteiger partial charge is 0.389 e. The fourth-order valence-electron chi connectivity index (χ4n) is 3.97. The van der Waals surface area contributed by atoms with Gasteiger partial charge in [0.05, 0.1) is 17.7 Å². The van der Waals surface area contributed by atoms with Crippen molar-refractivity contribution in [2.45, 2.75) is 51.2 Å². The van der Waals surface area contributed by atoms with Crippen molar-refractivity contribution in [1.29, 1.82) is 5.26 Å². The van der Waals surface area contributed by atoms with Crippen molar-refractivity contribution in [3.05, 3.63) is 29.3 Å².